The lowest BCUT2D eigenvalue weighted by molar-refractivity contribution is -0.133. The third-order valence-electron chi connectivity index (χ3n) is 5.27. The van der Waals surface area contributed by atoms with Gasteiger partial charge in [0.15, 0.2) is 5.13 Å². The number of anilines is 1. The van der Waals surface area contributed by atoms with Crippen LogP contribution in [0.4, 0.5) is 9.93 Å². The van der Waals surface area contributed by atoms with Crippen LogP contribution in [0.3, 0.4) is 0 Å². The topological polar surface area (TPSA) is 74.3 Å². The summed E-state index contributed by atoms with van der Waals surface area (Å²) in [6.45, 7) is 6.07. The van der Waals surface area contributed by atoms with Gasteiger partial charge in [-0.05, 0) is 31.1 Å². The lowest BCUT2D eigenvalue weighted by Gasteiger charge is -2.35. The Morgan fingerprint density at radius 3 is 2.58 bits per heavy atom. The first-order valence-corrected chi connectivity index (χ1v) is 10.7. The van der Waals surface area contributed by atoms with Gasteiger partial charge in [-0.15, -0.1) is 11.3 Å². The number of urea groups is 1. The quantitative estimate of drug-likeness (QED) is 0.840. The third-order valence-corrected chi connectivity index (χ3v) is 6.07. The molecule has 1 saturated heterocycles. The fourth-order valence-electron chi connectivity index (χ4n) is 4.14. The second kappa shape index (κ2) is 8.84. The highest BCUT2D eigenvalue weighted by atomic mass is 32.1. The number of nitrogens with one attached hydrogen (secondary N) is 2. The number of likely N-dealkylation sites (tertiary alicyclic amines) is 1. The van der Waals surface area contributed by atoms with E-state index < -0.39 is 0 Å². The summed E-state index contributed by atoms with van der Waals surface area (Å²) in [5.74, 6) is 1.24. The van der Waals surface area contributed by atoms with Gasteiger partial charge in [-0.1, -0.05) is 33.1 Å². The standard InChI is InChI=1S/C19H30N4O2S/c1-13-8-14(2)11-23(10-13)17(24)9-16-12-26-19(21-16)22-18(25)20-15-6-4-3-5-7-15/h12-15H,3-11H2,1-2H3,(H2,20,21,22,25). The minimum Gasteiger partial charge on any atom is -0.342 e. The summed E-state index contributed by atoms with van der Waals surface area (Å²) in [4.78, 5) is 31.0. The number of carbonyl (C=O) groups is 2. The second-order valence-electron chi connectivity index (χ2n) is 8.00. The maximum absolute atomic E-state index is 12.5. The number of hydrogen-bond acceptors (Lipinski definition) is 4. The van der Waals surface area contributed by atoms with Crippen molar-refractivity contribution in [3.63, 3.8) is 0 Å². The summed E-state index contributed by atoms with van der Waals surface area (Å²) in [5, 5.41) is 8.25. The van der Waals surface area contributed by atoms with Gasteiger partial charge in [0.05, 0.1) is 12.1 Å². The molecule has 2 aliphatic rings. The van der Waals surface area contributed by atoms with Crippen LogP contribution in [0.5, 0.6) is 0 Å². The molecule has 2 heterocycles. The van der Waals surface area contributed by atoms with Gasteiger partial charge in [0.2, 0.25) is 5.91 Å². The zero-order valence-electron chi connectivity index (χ0n) is 15.8. The van der Waals surface area contributed by atoms with Crippen molar-refractivity contribution in [1.82, 2.24) is 15.2 Å². The van der Waals surface area contributed by atoms with Crippen molar-refractivity contribution in [3.05, 3.63) is 11.1 Å². The van der Waals surface area contributed by atoms with Crippen LogP contribution in [0.15, 0.2) is 5.38 Å². The van der Waals surface area contributed by atoms with E-state index in [-0.39, 0.29) is 18.0 Å². The van der Waals surface area contributed by atoms with E-state index >= 15 is 0 Å². The zero-order chi connectivity index (χ0) is 18.5. The van der Waals surface area contributed by atoms with E-state index in [4.69, 9.17) is 0 Å². The van der Waals surface area contributed by atoms with Gasteiger partial charge < -0.3 is 10.2 Å². The van der Waals surface area contributed by atoms with Crippen LogP contribution >= 0.6 is 11.3 Å². The van der Waals surface area contributed by atoms with Gasteiger partial charge in [-0.2, -0.15) is 0 Å². The smallest absolute Gasteiger partial charge is 0.321 e. The molecule has 0 spiro atoms. The fourth-order valence-corrected chi connectivity index (χ4v) is 4.85. The van der Waals surface area contributed by atoms with Crippen molar-refractivity contribution >= 4 is 28.4 Å². The van der Waals surface area contributed by atoms with Gasteiger partial charge in [0, 0.05) is 24.5 Å². The van der Waals surface area contributed by atoms with Crippen LogP contribution in [-0.4, -0.2) is 41.0 Å². The number of aromatic nitrogens is 1. The Hall–Kier alpha value is -1.63. The molecule has 0 bridgehead atoms. The molecule has 1 aromatic heterocycles. The second-order valence-corrected chi connectivity index (χ2v) is 8.86. The predicted molar refractivity (Wildman–Crippen MR) is 104 cm³/mol. The lowest BCUT2D eigenvalue weighted by atomic mass is 9.92. The predicted octanol–water partition coefficient (Wildman–Crippen LogP) is 3.64. The maximum atomic E-state index is 12.5. The normalized spacial score (nSPS) is 24.3. The average Bonchev–Trinajstić information content (AvgIpc) is 3.01. The number of carbonyl (C=O) groups excluding carboxylic acids is 2. The number of rotatable bonds is 4. The monoisotopic (exact) mass is 378 g/mol. The first-order valence-electron chi connectivity index (χ1n) is 9.79. The van der Waals surface area contributed by atoms with E-state index in [0.717, 1.165) is 31.6 Å². The van der Waals surface area contributed by atoms with Crippen LogP contribution in [0.1, 0.15) is 58.1 Å². The van der Waals surface area contributed by atoms with Gasteiger partial charge >= 0.3 is 6.03 Å². The third kappa shape index (κ3) is 5.43. The first-order chi connectivity index (χ1) is 12.5. The largest absolute Gasteiger partial charge is 0.342 e. The van der Waals surface area contributed by atoms with Gasteiger partial charge in [-0.25, -0.2) is 9.78 Å². The Morgan fingerprint density at radius 2 is 1.88 bits per heavy atom. The molecule has 0 radical (unpaired) electrons. The van der Waals surface area contributed by atoms with Crippen molar-refractivity contribution in [2.45, 2.75) is 64.8 Å². The average molecular weight is 379 g/mol. The molecule has 7 heteroatoms. The molecule has 0 aromatic carbocycles. The Labute approximate surface area is 159 Å². The van der Waals surface area contributed by atoms with Gasteiger partial charge in [-0.3, -0.25) is 10.1 Å². The number of nitrogens with zero attached hydrogens (tertiary/aromatic N) is 2. The van der Waals surface area contributed by atoms with Crippen molar-refractivity contribution in [2.24, 2.45) is 11.8 Å². The SMILES string of the molecule is CC1CC(C)CN(C(=O)Cc2csc(NC(=O)NC3CCCCC3)n2)C1. The van der Waals surface area contributed by atoms with Crippen LogP contribution in [0.25, 0.3) is 0 Å². The summed E-state index contributed by atoms with van der Waals surface area (Å²) in [6.07, 6.45) is 7.23. The molecule has 1 saturated carbocycles. The Bertz CT molecular complexity index is 617. The zero-order valence-corrected chi connectivity index (χ0v) is 16.6. The van der Waals surface area contributed by atoms with Gasteiger partial charge in [0.1, 0.15) is 0 Å². The van der Waals surface area contributed by atoms with E-state index in [2.05, 4.69) is 29.5 Å². The van der Waals surface area contributed by atoms with E-state index in [9.17, 15) is 9.59 Å². The van der Waals surface area contributed by atoms with E-state index in [1.807, 2.05) is 10.3 Å². The molecule has 2 atom stereocenters. The highest BCUT2D eigenvalue weighted by molar-refractivity contribution is 7.13. The Balaban J connectivity index is 1.48. The van der Waals surface area contributed by atoms with Crippen molar-refractivity contribution in [3.8, 4) is 0 Å². The number of hydrogen-bond donors (Lipinski definition) is 2. The molecule has 3 rings (SSSR count). The molecular formula is C19H30N4O2S. The van der Waals surface area contributed by atoms with Crippen LogP contribution < -0.4 is 10.6 Å². The van der Waals surface area contributed by atoms with Crippen LogP contribution in [-0.2, 0) is 11.2 Å². The molecule has 2 N–H and O–H groups in total. The van der Waals surface area contributed by atoms with E-state index in [1.54, 1.807) is 0 Å². The first kappa shape index (κ1) is 19.1. The van der Waals surface area contributed by atoms with Crippen molar-refractivity contribution < 1.29 is 9.59 Å². The van der Waals surface area contributed by atoms with Crippen molar-refractivity contribution in [1.29, 1.82) is 0 Å². The molecule has 2 fully saturated rings. The molecule has 26 heavy (non-hydrogen) atoms. The highest BCUT2D eigenvalue weighted by Gasteiger charge is 2.26. The minimum atomic E-state index is -0.192. The summed E-state index contributed by atoms with van der Waals surface area (Å²) in [6, 6.07) is 0.0793. The van der Waals surface area contributed by atoms with Gasteiger partial charge in [0.25, 0.3) is 0 Å². The van der Waals surface area contributed by atoms with Crippen molar-refractivity contribution in [2.75, 3.05) is 18.4 Å². The molecule has 6 nitrogen and oxygen atoms in total. The molecule has 144 valence electrons. The minimum absolute atomic E-state index is 0.131. The molecule has 1 aliphatic carbocycles. The summed E-state index contributed by atoms with van der Waals surface area (Å²) < 4.78 is 0. The van der Waals surface area contributed by atoms with Crippen LogP contribution in [0, 0.1) is 11.8 Å². The lowest BCUT2D eigenvalue weighted by Crippen LogP contribution is -2.43. The molecule has 3 amide bonds. The fraction of sp³-hybridized carbons (Fsp3) is 0.737. The highest BCUT2D eigenvalue weighted by Crippen LogP contribution is 2.23. The van der Waals surface area contributed by atoms with E-state index in [0.29, 0.717) is 23.4 Å². The molecular weight excluding hydrogens is 348 g/mol. The molecule has 1 aromatic rings. The number of piperidine rings is 1. The number of thiazole rings is 1. The van der Waals surface area contributed by atoms with E-state index in [1.165, 1.54) is 37.0 Å². The Kier molecular flexibility index (Phi) is 6.51. The maximum Gasteiger partial charge on any atom is 0.321 e. The molecule has 1 aliphatic heterocycles. The molecule has 2 unspecified atom stereocenters. The summed E-state index contributed by atoms with van der Waals surface area (Å²) in [7, 11) is 0. The van der Waals surface area contributed by atoms with Crippen LogP contribution in [0.2, 0.25) is 0 Å². The summed E-state index contributed by atoms with van der Waals surface area (Å²) in [5.41, 5.74) is 0.735. The number of amides is 3. The Morgan fingerprint density at radius 1 is 1.19 bits per heavy atom. The summed E-state index contributed by atoms with van der Waals surface area (Å²) >= 11 is 1.38.